The molecule has 0 radical (unpaired) electrons. The van der Waals surface area contributed by atoms with Crippen molar-refractivity contribution in [2.45, 2.75) is 53.1 Å². The molecule has 35 heavy (non-hydrogen) atoms. The highest BCUT2D eigenvalue weighted by molar-refractivity contribution is 5.87. The molecule has 0 unspecified atom stereocenters. The predicted octanol–water partition coefficient (Wildman–Crippen LogP) is 6.40. The van der Waals surface area contributed by atoms with Crippen LogP contribution in [0.2, 0.25) is 0 Å². The quantitative estimate of drug-likeness (QED) is 0.371. The van der Waals surface area contributed by atoms with Crippen molar-refractivity contribution in [3.05, 3.63) is 83.6 Å². The summed E-state index contributed by atoms with van der Waals surface area (Å²) in [5.74, 6) is 1.87. The molecule has 0 bridgehead atoms. The number of aromatic nitrogens is 1. The number of allylic oxidation sites excluding steroid dienone is 3. The summed E-state index contributed by atoms with van der Waals surface area (Å²) in [5.41, 5.74) is 5.83. The maximum absolute atomic E-state index is 12.2. The third kappa shape index (κ3) is 5.11. The molecule has 1 spiro atoms. The first-order valence-corrected chi connectivity index (χ1v) is 12.2. The Kier molecular flexibility index (Phi) is 7.01. The predicted molar refractivity (Wildman–Crippen MR) is 140 cm³/mol. The van der Waals surface area contributed by atoms with Crippen LogP contribution in [0.3, 0.4) is 0 Å². The second-order valence-electron chi connectivity index (χ2n) is 9.77. The maximum Gasteiger partial charge on any atom is 0.332 e. The first kappa shape index (κ1) is 24.6. The molecule has 1 fully saturated rings. The van der Waals surface area contributed by atoms with E-state index in [1.54, 1.807) is 24.6 Å². The smallest absolute Gasteiger partial charge is 0.332 e. The van der Waals surface area contributed by atoms with Gasteiger partial charge in [0.2, 0.25) is 5.89 Å². The van der Waals surface area contributed by atoms with Gasteiger partial charge in [-0.05, 0) is 56.0 Å². The summed E-state index contributed by atoms with van der Waals surface area (Å²) >= 11 is 0. The molecular formula is C29H35N3O3. The molecule has 2 aliphatic heterocycles. The van der Waals surface area contributed by atoms with E-state index in [9.17, 15) is 4.79 Å². The van der Waals surface area contributed by atoms with Crippen molar-refractivity contribution in [3.63, 3.8) is 0 Å². The number of hydrogen-bond donors (Lipinski definition) is 1. The molecule has 1 saturated heterocycles. The van der Waals surface area contributed by atoms with E-state index in [0.717, 1.165) is 59.7 Å². The number of nitrogens with zero attached hydrogens (tertiary/aromatic N) is 2. The van der Waals surface area contributed by atoms with Crippen molar-refractivity contribution >= 4 is 11.7 Å². The number of hydrogen-bond acceptors (Lipinski definition) is 6. The minimum absolute atomic E-state index is 0.254. The summed E-state index contributed by atoms with van der Waals surface area (Å²) in [6.07, 6.45) is 10.2. The van der Waals surface area contributed by atoms with Crippen molar-refractivity contribution in [2.75, 3.05) is 18.4 Å². The Labute approximate surface area is 208 Å². The van der Waals surface area contributed by atoms with Crippen molar-refractivity contribution in [2.24, 2.45) is 5.92 Å². The molecule has 2 aromatic rings. The van der Waals surface area contributed by atoms with Crippen LogP contribution in [0.5, 0.6) is 0 Å². The Balaban J connectivity index is 1.56. The topological polar surface area (TPSA) is 67.6 Å². The maximum atomic E-state index is 12.2. The minimum atomic E-state index is -0.553. The number of piperidine rings is 1. The average molecular weight is 474 g/mol. The fraction of sp³-hybridized carbons (Fsp3) is 0.379. The molecule has 0 amide bonds. The van der Waals surface area contributed by atoms with Crippen LogP contribution in [0, 0.1) is 12.8 Å². The summed E-state index contributed by atoms with van der Waals surface area (Å²) in [6.45, 7) is 16.1. The number of oxazole rings is 1. The number of carbonyl (C=O) groups excluding carboxylic acids is 1. The molecule has 1 aromatic carbocycles. The first-order valence-electron chi connectivity index (χ1n) is 12.2. The number of aryl methyl sites for hydroxylation is 1. The van der Waals surface area contributed by atoms with Crippen molar-refractivity contribution in [3.8, 4) is 11.5 Å². The summed E-state index contributed by atoms with van der Waals surface area (Å²) in [5, 5.41) is 3.72. The van der Waals surface area contributed by atoms with Gasteiger partial charge in [0.25, 0.3) is 0 Å². The van der Waals surface area contributed by atoms with E-state index in [0.29, 0.717) is 11.8 Å². The van der Waals surface area contributed by atoms with E-state index in [1.165, 1.54) is 5.57 Å². The molecule has 1 N–H and O–H groups in total. The van der Waals surface area contributed by atoms with Crippen molar-refractivity contribution < 1.29 is 13.9 Å². The first-order chi connectivity index (χ1) is 16.7. The molecule has 4 rings (SSSR count). The zero-order valence-corrected chi connectivity index (χ0v) is 21.4. The number of benzene rings is 1. The van der Waals surface area contributed by atoms with Gasteiger partial charge in [-0.15, -0.1) is 0 Å². The lowest BCUT2D eigenvalue weighted by atomic mass is 9.83. The number of carbonyl (C=O) groups is 1. The van der Waals surface area contributed by atoms with Gasteiger partial charge in [-0.3, -0.25) is 0 Å². The Bertz CT molecular complexity index is 1190. The van der Waals surface area contributed by atoms with Crippen LogP contribution in [0.15, 0.2) is 82.4 Å². The van der Waals surface area contributed by atoms with Gasteiger partial charge in [-0.1, -0.05) is 38.2 Å². The second kappa shape index (κ2) is 9.98. The third-order valence-electron chi connectivity index (χ3n) is 7.09. The highest BCUT2D eigenvalue weighted by atomic mass is 16.6. The summed E-state index contributed by atoms with van der Waals surface area (Å²) < 4.78 is 11.3. The molecule has 3 heterocycles. The summed E-state index contributed by atoms with van der Waals surface area (Å²) in [6, 6.07) is 6.19. The van der Waals surface area contributed by atoms with E-state index in [4.69, 9.17) is 9.15 Å². The lowest BCUT2D eigenvalue weighted by molar-refractivity contribution is -0.148. The Morgan fingerprint density at radius 1 is 1.26 bits per heavy atom. The zero-order valence-electron chi connectivity index (χ0n) is 21.4. The molecule has 0 aliphatic carbocycles. The van der Waals surface area contributed by atoms with Gasteiger partial charge in [0.1, 0.15) is 17.7 Å². The van der Waals surface area contributed by atoms with Crippen LogP contribution in [-0.4, -0.2) is 34.5 Å². The molecule has 6 nitrogen and oxygen atoms in total. The molecule has 0 saturated carbocycles. The van der Waals surface area contributed by atoms with E-state index in [2.05, 4.69) is 61.6 Å². The van der Waals surface area contributed by atoms with Crippen LogP contribution in [0.4, 0.5) is 5.69 Å². The normalized spacial score (nSPS) is 18.5. The molecule has 0 atom stereocenters. The van der Waals surface area contributed by atoms with Crippen LogP contribution < -0.4 is 5.32 Å². The SMILES string of the molecule is C=C/C(C)=C\C1=CC(=O)OC12CCN(C(Nc1ccc(-c3ncco3)cc1C)=C(C)C(C)C)CC2. The van der Waals surface area contributed by atoms with Gasteiger partial charge in [-0.2, -0.15) is 0 Å². The molecule has 2 aliphatic rings. The number of nitrogens with one attached hydrogen (secondary N) is 1. The fourth-order valence-electron chi connectivity index (χ4n) is 4.63. The average Bonchev–Trinajstić information content (AvgIpc) is 3.47. The van der Waals surface area contributed by atoms with E-state index in [-0.39, 0.29) is 5.97 Å². The number of likely N-dealkylation sites (tertiary alicyclic amines) is 1. The zero-order chi connectivity index (χ0) is 25.2. The highest BCUT2D eigenvalue weighted by Crippen LogP contribution is 2.40. The Morgan fingerprint density at radius 3 is 2.60 bits per heavy atom. The van der Waals surface area contributed by atoms with Crippen molar-refractivity contribution in [1.82, 2.24) is 9.88 Å². The molecular weight excluding hydrogens is 438 g/mol. The number of rotatable bonds is 7. The van der Waals surface area contributed by atoms with Crippen LogP contribution in [-0.2, 0) is 9.53 Å². The van der Waals surface area contributed by atoms with Crippen LogP contribution in [0.25, 0.3) is 11.5 Å². The number of anilines is 1. The second-order valence-corrected chi connectivity index (χ2v) is 9.77. The summed E-state index contributed by atoms with van der Waals surface area (Å²) in [7, 11) is 0. The third-order valence-corrected chi connectivity index (χ3v) is 7.09. The van der Waals surface area contributed by atoms with E-state index >= 15 is 0 Å². The lowest BCUT2D eigenvalue weighted by Crippen LogP contribution is -2.46. The highest BCUT2D eigenvalue weighted by Gasteiger charge is 2.45. The van der Waals surface area contributed by atoms with Crippen LogP contribution in [0.1, 0.15) is 46.1 Å². The van der Waals surface area contributed by atoms with Gasteiger partial charge in [0.05, 0.1) is 6.20 Å². The van der Waals surface area contributed by atoms with Crippen molar-refractivity contribution in [1.29, 1.82) is 0 Å². The van der Waals surface area contributed by atoms with Gasteiger partial charge < -0.3 is 19.4 Å². The molecule has 1 aromatic heterocycles. The largest absolute Gasteiger partial charge is 0.451 e. The van der Waals surface area contributed by atoms with Gasteiger partial charge in [0.15, 0.2) is 0 Å². The van der Waals surface area contributed by atoms with Gasteiger partial charge >= 0.3 is 5.97 Å². The van der Waals surface area contributed by atoms with Crippen LogP contribution >= 0.6 is 0 Å². The van der Waals surface area contributed by atoms with E-state index < -0.39 is 5.60 Å². The molecule has 184 valence electrons. The number of esters is 1. The molecule has 6 heteroatoms. The Morgan fingerprint density at radius 2 is 2.00 bits per heavy atom. The fourth-order valence-corrected chi connectivity index (χ4v) is 4.63. The lowest BCUT2D eigenvalue weighted by Gasteiger charge is -2.42. The summed E-state index contributed by atoms with van der Waals surface area (Å²) in [4.78, 5) is 18.8. The van der Waals surface area contributed by atoms with Gasteiger partial charge in [-0.25, -0.2) is 9.78 Å². The van der Waals surface area contributed by atoms with E-state index in [1.807, 2.05) is 19.1 Å². The monoisotopic (exact) mass is 473 g/mol. The minimum Gasteiger partial charge on any atom is -0.451 e. The van der Waals surface area contributed by atoms with Gasteiger partial charge in [0, 0.05) is 48.8 Å². The Hall–Kier alpha value is -3.54. The number of ether oxygens (including phenoxy) is 1. The standard InChI is InChI=1S/C29H35N3O3/c1-7-20(4)16-24-18-26(33)35-29(24)10-13-32(14-11-29)27(22(6)19(2)3)31-25-9-8-23(17-21(25)5)28-30-12-15-34-28/h7-9,12,15-19,31H,1,10-11,13-14H2,2-6H3/b20-16-,27-22?.